The van der Waals surface area contributed by atoms with E-state index >= 15 is 0 Å². The van der Waals surface area contributed by atoms with Crippen molar-refractivity contribution in [3.63, 3.8) is 0 Å². The Bertz CT molecular complexity index is 679. The van der Waals surface area contributed by atoms with E-state index in [4.69, 9.17) is 19.2 Å². The Morgan fingerprint density at radius 3 is 3.00 bits per heavy atom. The van der Waals surface area contributed by atoms with Crippen molar-refractivity contribution in [3.8, 4) is 11.8 Å². The van der Waals surface area contributed by atoms with Gasteiger partial charge in [-0.15, -0.1) is 0 Å². The second-order valence-corrected chi connectivity index (χ2v) is 3.83. The summed E-state index contributed by atoms with van der Waals surface area (Å²) < 4.78 is 15.6. The fraction of sp³-hybridized carbons (Fsp3) is 0.200. The Kier molecular flexibility index (Phi) is 4.40. The number of rotatable bonds is 5. The molecule has 0 amide bonds. The van der Waals surface area contributed by atoms with E-state index in [1.54, 1.807) is 13.0 Å². The number of carbonyl (C=O) groups excluding carboxylic acids is 1. The Balaban J connectivity index is 2.10. The van der Waals surface area contributed by atoms with Crippen LogP contribution in [0, 0.1) is 11.3 Å². The highest BCUT2D eigenvalue weighted by atomic mass is 16.5. The molecule has 1 aromatic carbocycles. The van der Waals surface area contributed by atoms with Gasteiger partial charge in [0, 0.05) is 6.08 Å². The molecule has 0 aliphatic carbocycles. The molecule has 0 radical (unpaired) electrons. The number of hydrogen-bond donors (Lipinski definition) is 0. The van der Waals surface area contributed by atoms with Crippen LogP contribution < -0.4 is 4.74 Å². The first-order valence-corrected chi connectivity index (χ1v) is 6.14. The Labute approximate surface area is 116 Å². The third-order valence-electron chi connectivity index (χ3n) is 2.52. The smallest absolute Gasteiger partial charge is 0.330 e. The fourth-order valence-electron chi connectivity index (χ4n) is 1.70. The molecule has 2 rings (SSSR count). The van der Waals surface area contributed by atoms with Crippen LogP contribution in [0.25, 0.3) is 11.0 Å². The lowest BCUT2D eigenvalue weighted by molar-refractivity contribution is -0.137. The van der Waals surface area contributed by atoms with E-state index in [-0.39, 0.29) is 12.4 Å². The topological polar surface area (TPSA) is 72.5 Å². The van der Waals surface area contributed by atoms with Gasteiger partial charge in [-0.2, -0.15) is 5.26 Å². The standard InChI is InChI=1S/C15H13NO4/c1-2-18-14(17)8-5-9-19-15-11-6-3-4-7-12(11)20-13(15)10-16/h3-8H,2,9H2,1H3/b8-5+. The van der Waals surface area contributed by atoms with Gasteiger partial charge in [-0.25, -0.2) is 4.79 Å². The van der Waals surface area contributed by atoms with Crippen LogP contribution in [0.15, 0.2) is 40.8 Å². The zero-order chi connectivity index (χ0) is 14.4. The van der Waals surface area contributed by atoms with Gasteiger partial charge in [0.2, 0.25) is 5.76 Å². The first-order chi connectivity index (χ1) is 9.76. The van der Waals surface area contributed by atoms with Gasteiger partial charge < -0.3 is 13.9 Å². The lowest BCUT2D eigenvalue weighted by atomic mass is 10.2. The summed E-state index contributed by atoms with van der Waals surface area (Å²) in [5.74, 6) is 0.0843. The highest BCUT2D eigenvalue weighted by Crippen LogP contribution is 2.32. The number of para-hydroxylation sites is 1. The number of benzene rings is 1. The normalized spacial score (nSPS) is 10.6. The molecule has 0 unspecified atom stereocenters. The summed E-state index contributed by atoms with van der Waals surface area (Å²) in [6.45, 7) is 2.21. The molecule has 0 saturated carbocycles. The minimum atomic E-state index is -0.423. The Hall–Kier alpha value is -2.74. The van der Waals surface area contributed by atoms with Crippen molar-refractivity contribution < 1.29 is 18.7 Å². The third-order valence-corrected chi connectivity index (χ3v) is 2.52. The van der Waals surface area contributed by atoms with Crippen molar-refractivity contribution in [2.75, 3.05) is 13.2 Å². The molecule has 0 bridgehead atoms. The van der Waals surface area contributed by atoms with Crippen LogP contribution >= 0.6 is 0 Å². The number of carbonyl (C=O) groups is 1. The van der Waals surface area contributed by atoms with Crippen LogP contribution in [0.5, 0.6) is 5.75 Å². The highest BCUT2D eigenvalue weighted by molar-refractivity contribution is 5.86. The molecule has 0 spiro atoms. The minimum absolute atomic E-state index is 0.121. The second-order valence-electron chi connectivity index (χ2n) is 3.83. The number of nitriles is 1. The molecule has 2 aromatic rings. The quantitative estimate of drug-likeness (QED) is 0.617. The van der Waals surface area contributed by atoms with Crippen LogP contribution in [0.3, 0.4) is 0 Å². The molecule has 0 aliphatic rings. The van der Waals surface area contributed by atoms with Crippen LogP contribution in [0.4, 0.5) is 0 Å². The summed E-state index contributed by atoms with van der Waals surface area (Å²) in [5, 5.41) is 9.75. The van der Waals surface area contributed by atoms with E-state index in [0.29, 0.717) is 17.9 Å². The summed E-state index contributed by atoms with van der Waals surface area (Å²) in [6, 6.07) is 9.17. The number of furan rings is 1. The number of fused-ring (bicyclic) bond motifs is 1. The van der Waals surface area contributed by atoms with Crippen molar-refractivity contribution >= 4 is 16.9 Å². The summed E-state index contributed by atoms with van der Waals surface area (Å²) in [7, 11) is 0. The molecule has 0 atom stereocenters. The third kappa shape index (κ3) is 2.98. The molecule has 20 heavy (non-hydrogen) atoms. The van der Waals surface area contributed by atoms with E-state index < -0.39 is 5.97 Å². The summed E-state index contributed by atoms with van der Waals surface area (Å²) >= 11 is 0. The molecule has 0 N–H and O–H groups in total. The molecule has 102 valence electrons. The van der Waals surface area contributed by atoms with Gasteiger partial charge in [0.1, 0.15) is 18.3 Å². The average Bonchev–Trinajstić information content (AvgIpc) is 2.82. The van der Waals surface area contributed by atoms with E-state index in [2.05, 4.69) is 0 Å². The largest absolute Gasteiger partial charge is 0.484 e. The molecule has 5 nitrogen and oxygen atoms in total. The van der Waals surface area contributed by atoms with Crippen LogP contribution in [0.1, 0.15) is 12.7 Å². The van der Waals surface area contributed by atoms with Gasteiger partial charge in [0.15, 0.2) is 5.75 Å². The van der Waals surface area contributed by atoms with Crippen molar-refractivity contribution in [1.82, 2.24) is 0 Å². The number of hydrogen-bond acceptors (Lipinski definition) is 5. The maximum absolute atomic E-state index is 11.1. The maximum atomic E-state index is 11.1. The lowest BCUT2D eigenvalue weighted by Gasteiger charge is -2.00. The number of nitrogens with zero attached hydrogens (tertiary/aromatic N) is 1. The number of esters is 1. The molecular weight excluding hydrogens is 258 g/mol. The maximum Gasteiger partial charge on any atom is 0.330 e. The van der Waals surface area contributed by atoms with Gasteiger partial charge in [-0.3, -0.25) is 0 Å². The average molecular weight is 271 g/mol. The van der Waals surface area contributed by atoms with Crippen molar-refractivity contribution in [1.29, 1.82) is 5.26 Å². The summed E-state index contributed by atoms with van der Waals surface area (Å²) in [4.78, 5) is 11.1. The zero-order valence-corrected chi connectivity index (χ0v) is 11.0. The molecule has 0 fully saturated rings. The van der Waals surface area contributed by atoms with Crippen LogP contribution in [-0.4, -0.2) is 19.2 Å². The van der Waals surface area contributed by atoms with Crippen molar-refractivity contribution in [3.05, 3.63) is 42.2 Å². The van der Waals surface area contributed by atoms with Gasteiger partial charge in [0.25, 0.3) is 0 Å². The zero-order valence-electron chi connectivity index (χ0n) is 11.0. The summed E-state index contributed by atoms with van der Waals surface area (Å²) in [6.07, 6.45) is 2.82. The molecule has 1 heterocycles. The van der Waals surface area contributed by atoms with E-state index in [9.17, 15) is 4.79 Å². The minimum Gasteiger partial charge on any atom is -0.484 e. The Morgan fingerprint density at radius 2 is 2.25 bits per heavy atom. The van der Waals surface area contributed by atoms with E-state index in [1.165, 1.54) is 12.2 Å². The van der Waals surface area contributed by atoms with Gasteiger partial charge >= 0.3 is 5.97 Å². The van der Waals surface area contributed by atoms with Gasteiger partial charge in [-0.1, -0.05) is 12.1 Å². The van der Waals surface area contributed by atoms with Crippen molar-refractivity contribution in [2.24, 2.45) is 0 Å². The molecule has 5 heteroatoms. The predicted octanol–water partition coefficient (Wildman–Crippen LogP) is 2.80. The second kappa shape index (κ2) is 6.43. The summed E-state index contributed by atoms with van der Waals surface area (Å²) in [5.41, 5.74) is 0.591. The van der Waals surface area contributed by atoms with Gasteiger partial charge in [0.05, 0.1) is 12.0 Å². The Morgan fingerprint density at radius 1 is 1.45 bits per heavy atom. The fourth-order valence-corrected chi connectivity index (χ4v) is 1.70. The molecule has 0 saturated heterocycles. The molecular formula is C15H13NO4. The van der Waals surface area contributed by atoms with Crippen LogP contribution in [-0.2, 0) is 9.53 Å². The SMILES string of the molecule is CCOC(=O)/C=C/COc1c(C#N)oc2ccccc12. The van der Waals surface area contributed by atoms with Crippen LogP contribution in [0.2, 0.25) is 0 Å². The van der Waals surface area contributed by atoms with Crippen molar-refractivity contribution in [2.45, 2.75) is 6.92 Å². The predicted molar refractivity (Wildman–Crippen MR) is 72.2 cm³/mol. The van der Waals surface area contributed by atoms with E-state index in [1.807, 2.05) is 24.3 Å². The first kappa shape index (κ1) is 13.7. The van der Waals surface area contributed by atoms with Gasteiger partial charge in [-0.05, 0) is 25.1 Å². The highest BCUT2D eigenvalue weighted by Gasteiger charge is 2.14. The number of ether oxygens (including phenoxy) is 2. The lowest BCUT2D eigenvalue weighted by Crippen LogP contribution is -2.01. The first-order valence-electron chi connectivity index (χ1n) is 6.14. The molecule has 0 aliphatic heterocycles. The molecule has 1 aromatic heterocycles. The monoisotopic (exact) mass is 271 g/mol. The van der Waals surface area contributed by atoms with E-state index in [0.717, 1.165) is 5.39 Å².